The van der Waals surface area contributed by atoms with E-state index in [1.165, 1.54) is 10.8 Å². The summed E-state index contributed by atoms with van der Waals surface area (Å²) in [5, 5.41) is 16.1. The molecule has 0 unspecified atom stereocenters. The Labute approximate surface area is 249 Å². The number of nitrogens with one attached hydrogen (secondary N) is 2. The number of aromatic nitrogens is 2. The Hall–Kier alpha value is -3.36. The van der Waals surface area contributed by atoms with E-state index in [1.807, 2.05) is 0 Å². The smallest absolute Gasteiger partial charge is 0.870 e. The molecule has 4 N–H and O–H groups in total. The maximum absolute atomic E-state index is 11.6. The van der Waals surface area contributed by atoms with E-state index in [0.29, 0.717) is 0 Å². The molecule has 2 aromatic heterocycles. The summed E-state index contributed by atoms with van der Waals surface area (Å²) in [6.07, 6.45) is -1.40. The van der Waals surface area contributed by atoms with E-state index in [-0.39, 0.29) is 52.6 Å². The number of amides is 2. The first-order chi connectivity index (χ1) is 17.4. The van der Waals surface area contributed by atoms with Crippen LogP contribution in [-0.4, -0.2) is 74.1 Å². The first kappa shape index (κ1) is 38.8. The number of carboxylic acid groups (broad SMARTS) is 1. The van der Waals surface area contributed by atoms with Gasteiger partial charge >= 0.3 is 43.0 Å². The Bertz CT molecular complexity index is 1200. The molecule has 0 aromatic carbocycles. The molecule has 18 heteroatoms. The molecular weight excluding hydrogens is 567 g/mol. The van der Waals surface area contributed by atoms with Crippen LogP contribution < -0.4 is 29.5 Å². The van der Waals surface area contributed by atoms with Crippen molar-refractivity contribution >= 4 is 68.6 Å². The van der Waals surface area contributed by atoms with Crippen molar-refractivity contribution in [2.75, 3.05) is 17.2 Å². The zero-order valence-electron chi connectivity index (χ0n) is 23.1. The number of hydrogen-bond donors (Lipinski definition) is 3. The molecule has 0 bridgehead atoms. The van der Waals surface area contributed by atoms with Crippen molar-refractivity contribution in [3.63, 3.8) is 0 Å². The molecule has 216 valence electrons. The molecule has 2 amide bonds. The van der Waals surface area contributed by atoms with Gasteiger partial charge in [0.1, 0.15) is 22.6 Å². The van der Waals surface area contributed by atoms with Gasteiger partial charge in [-0.15, -0.1) is 22.7 Å². The van der Waals surface area contributed by atoms with Crippen molar-refractivity contribution < 1.29 is 72.4 Å². The number of esters is 1. The molecule has 0 radical (unpaired) electrons. The van der Waals surface area contributed by atoms with E-state index >= 15 is 0 Å². The minimum absolute atomic E-state index is 0. The Morgan fingerprint density at radius 1 is 0.800 bits per heavy atom. The van der Waals surface area contributed by atoms with Gasteiger partial charge in [0, 0.05) is 10.8 Å². The average Bonchev–Trinajstić information content (AvgIpc) is 3.40. The predicted octanol–water partition coefficient (Wildman–Crippen LogP) is 0.821. The average molecular weight is 597 g/mol. The summed E-state index contributed by atoms with van der Waals surface area (Å²) in [5.74, 6) is -4.53. The third-order valence-corrected chi connectivity index (χ3v) is 4.86. The number of carboxylic acids is 1. The van der Waals surface area contributed by atoms with Gasteiger partial charge in [0.25, 0.3) is 11.6 Å². The fourth-order valence-electron chi connectivity index (χ4n) is 2.06. The Morgan fingerprint density at radius 2 is 1.18 bits per heavy atom. The second kappa shape index (κ2) is 16.7. The Morgan fingerprint density at radius 3 is 1.50 bits per heavy atom. The quantitative estimate of drug-likeness (QED) is 0.132. The van der Waals surface area contributed by atoms with Crippen molar-refractivity contribution in [3.8, 4) is 0 Å². The molecule has 0 spiro atoms. The number of Topliss-reactive ketones (excluding diaryl/α,β-unsaturated/α-hetero) is 2. The molecule has 0 fully saturated rings. The van der Waals surface area contributed by atoms with Crippen LogP contribution >= 0.6 is 22.7 Å². The Balaban J connectivity index is 0. The van der Waals surface area contributed by atoms with Crippen LogP contribution in [0.1, 0.15) is 69.4 Å². The molecule has 2 rings (SSSR count). The van der Waals surface area contributed by atoms with Crippen molar-refractivity contribution in [1.29, 1.82) is 0 Å². The van der Waals surface area contributed by atoms with Gasteiger partial charge in [-0.05, 0) is 48.5 Å². The number of carbonyl (C=O) groups excluding carboxylic acids is 5. The normalized spacial score (nSPS) is 10.3. The van der Waals surface area contributed by atoms with E-state index in [2.05, 4.69) is 25.3 Å². The van der Waals surface area contributed by atoms with Gasteiger partial charge in [0.15, 0.2) is 10.3 Å². The number of thiazole rings is 2. The Kier molecular flexibility index (Phi) is 16.2. The topological polar surface area (TPSA) is 230 Å². The fourth-order valence-corrected chi connectivity index (χ4v) is 3.42. The molecule has 40 heavy (non-hydrogen) atoms. The van der Waals surface area contributed by atoms with Crippen LogP contribution in [0.4, 0.5) is 19.9 Å². The number of rotatable bonds is 7. The largest absolute Gasteiger partial charge is 1.00 e. The van der Waals surface area contributed by atoms with Gasteiger partial charge in [0.2, 0.25) is 0 Å². The van der Waals surface area contributed by atoms with Gasteiger partial charge in [-0.3, -0.25) is 20.2 Å². The maximum atomic E-state index is 11.6. The van der Waals surface area contributed by atoms with Crippen molar-refractivity contribution in [2.24, 2.45) is 0 Å². The summed E-state index contributed by atoms with van der Waals surface area (Å²) in [6, 6.07) is 0. The maximum Gasteiger partial charge on any atom is 1.00 e. The summed E-state index contributed by atoms with van der Waals surface area (Å²) >= 11 is 1.96. The molecule has 2 heterocycles. The van der Waals surface area contributed by atoms with Crippen LogP contribution in [0.25, 0.3) is 0 Å². The summed E-state index contributed by atoms with van der Waals surface area (Å²) in [4.78, 5) is 74.7. The van der Waals surface area contributed by atoms with Crippen molar-refractivity contribution in [3.05, 3.63) is 22.1 Å². The number of nitrogens with zero attached hydrogens (tertiary/aromatic N) is 2. The van der Waals surface area contributed by atoms with Crippen LogP contribution in [-0.2, 0) is 23.8 Å². The van der Waals surface area contributed by atoms with Crippen LogP contribution in [0, 0.1) is 0 Å². The van der Waals surface area contributed by atoms with Gasteiger partial charge in [-0.1, -0.05) is 0 Å². The number of hydrogen-bond acceptors (Lipinski definition) is 14. The van der Waals surface area contributed by atoms with Gasteiger partial charge in [-0.25, -0.2) is 29.1 Å². The van der Waals surface area contributed by atoms with Crippen LogP contribution in [0.2, 0.25) is 0 Å². The molecule has 15 nitrogen and oxygen atoms in total. The first-order valence-electron chi connectivity index (χ1n) is 10.8. The van der Waals surface area contributed by atoms with E-state index in [9.17, 15) is 28.8 Å². The standard InChI is InChI=1S/C12H16N2O5S.C10H12N2O5S.Li.H2O/c1-5-18-9(16)8(15)7-6-20-10(13-7)14-11(17)19-12(2,3)4;1-10(2,3)17-9(16)12-8-11-5(4-18-8)6(13)7(14)15;;/h6H,5H2,1-4H3,(H,13,14,17);4H,1-3H3,(H,14,15)(H,11,12,16);;1H2/q;;+1;/p-1. The number of carbonyl (C=O) groups is 6. The van der Waals surface area contributed by atoms with Crippen LogP contribution in [0.3, 0.4) is 0 Å². The van der Waals surface area contributed by atoms with E-state index in [1.54, 1.807) is 48.5 Å². The minimum atomic E-state index is -1.59. The second-order valence-electron chi connectivity index (χ2n) is 9.01. The summed E-state index contributed by atoms with van der Waals surface area (Å²) in [7, 11) is 0. The van der Waals surface area contributed by atoms with E-state index in [0.717, 1.165) is 22.7 Å². The molecular formula is C22H29LiN4O11S2. The third kappa shape index (κ3) is 14.7. The first-order valence-corrected chi connectivity index (χ1v) is 12.6. The molecule has 0 saturated heterocycles. The van der Waals surface area contributed by atoms with Crippen molar-refractivity contribution in [1.82, 2.24) is 9.97 Å². The van der Waals surface area contributed by atoms with E-state index < -0.39 is 46.9 Å². The molecule has 2 aromatic rings. The zero-order valence-corrected chi connectivity index (χ0v) is 24.8. The van der Waals surface area contributed by atoms with Crippen molar-refractivity contribution in [2.45, 2.75) is 59.7 Å². The SMILES string of the molecule is CC(C)(C)OC(=O)Nc1nc(C(=O)C(=O)O)cs1.CCOC(=O)C(=O)c1csc(NC(=O)OC(C)(C)C)n1.[Li+].[OH-]. The molecule has 0 aliphatic carbocycles. The minimum Gasteiger partial charge on any atom is -0.870 e. The summed E-state index contributed by atoms with van der Waals surface area (Å²) < 4.78 is 14.6. The number of aliphatic carboxylic acids is 1. The van der Waals surface area contributed by atoms with Gasteiger partial charge in [-0.2, -0.15) is 0 Å². The molecule has 0 atom stereocenters. The predicted molar refractivity (Wildman–Crippen MR) is 139 cm³/mol. The third-order valence-electron chi connectivity index (χ3n) is 3.34. The van der Waals surface area contributed by atoms with E-state index in [4.69, 9.17) is 14.6 Å². The van der Waals surface area contributed by atoms with Crippen LogP contribution in [0.15, 0.2) is 10.8 Å². The molecule has 0 aliphatic heterocycles. The van der Waals surface area contributed by atoms with Gasteiger partial charge < -0.3 is 24.8 Å². The van der Waals surface area contributed by atoms with Crippen LogP contribution in [0.5, 0.6) is 0 Å². The molecule has 0 saturated carbocycles. The number of anilines is 2. The second-order valence-corrected chi connectivity index (χ2v) is 10.7. The number of ether oxygens (including phenoxy) is 3. The summed E-state index contributed by atoms with van der Waals surface area (Å²) in [6.45, 7) is 12.0. The fraction of sp³-hybridized carbons (Fsp3) is 0.455. The monoisotopic (exact) mass is 596 g/mol. The van der Waals surface area contributed by atoms with Gasteiger partial charge in [0.05, 0.1) is 6.61 Å². The molecule has 0 aliphatic rings. The summed E-state index contributed by atoms with van der Waals surface area (Å²) in [5.41, 5.74) is -1.58. The zero-order chi connectivity index (χ0) is 29.3. The number of ketones is 2.